The summed E-state index contributed by atoms with van der Waals surface area (Å²) in [6.07, 6.45) is 3.29. The van der Waals surface area contributed by atoms with Crippen molar-refractivity contribution in [3.8, 4) is 0 Å². The van der Waals surface area contributed by atoms with Gasteiger partial charge in [0.05, 0.1) is 6.04 Å². The molecule has 1 fully saturated rings. The molecule has 2 aromatic rings. The fourth-order valence-corrected chi connectivity index (χ4v) is 6.51. The Morgan fingerprint density at radius 2 is 1.82 bits per heavy atom. The van der Waals surface area contributed by atoms with E-state index in [4.69, 9.17) is 27.1 Å². The van der Waals surface area contributed by atoms with Crippen LogP contribution in [0.5, 0.6) is 0 Å². The van der Waals surface area contributed by atoms with E-state index in [1.807, 2.05) is 65.2 Å². The van der Waals surface area contributed by atoms with Crippen molar-refractivity contribution in [2.75, 3.05) is 54.4 Å². The highest BCUT2D eigenvalue weighted by Gasteiger charge is 2.44. The standard InChI is InChI=1S/C35H51ClN6O3/c1-35(2)32(26-12-8-7-9-13-26)45-34(38-35)41-20-21-42(33(44)29(40(5)6)14-10-11-19-39(3)4)30(24-41)31(43)18-16-25-15-17-27(23-37)28(36)22-25/h7-9,12-13,15,17,22,29-30,32H,10-11,14,16,18-21,23-24,37H2,1-6H3/t29-,30+,32?/m1/s1. The summed E-state index contributed by atoms with van der Waals surface area (Å²) in [5.41, 5.74) is 8.21. The number of ketones is 1. The molecule has 10 heteroatoms. The van der Waals surface area contributed by atoms with Crippen LogP contribution in [-0.4, -0.2) is 109 Å². The predicted molar refractivity (Wildman–Crippen MR) is 181 cm³/mol. The van der Waals surface area contributed by atoms with E-state index in [0.29, 0.717) is 50.1 Å². The van der Waals surface area contributed by atoms with Gasteiger partial charge in [-0.3, -0.25) is 14.5 Å². The molecule has 0 bridgehead atoms. The van der Waals surface area contributed by atoms with Gasteiger partial charge in [-0.05, 0) is 90.6 Å². The Hall–Kier alpha value is -2.98. The number of amides is 1. The van der Waals surface area contributed by atoms with E-state index in [0.717, 1.165) is 42.5 Å². The first-order valence-corrected chi connectivity index (χ1v) is 16.5. The van der Waals surface area contributed by atoms with Crippen molar-refractivity contribution in [2.45, 2.75) is 76.2 Å². The Morgan fingerprint density at radius 1 is 1.09 bits per heavy atom. The van der Waals surface area contributed by atoms with Crippen LogP contribution >= 0.6 is 11.6 Å². The maximum absolute atomic E-state index is 14.2. The number of unbranched alkanes of at least 4 members (excludes halogenated alkanes) is 1. The molecule has 0 radical (unpaired) electrons. The van der Waals surface area contributed by atoms with Gasteiger partial charge in [0.15, 0.2) is 11.9 Å². The molecule has 45 heavy (non-hydrogen) atoms. The number of aliphatic imine (C=N–C) groups is 1. The molecule has 1 amide bonds. The van der Waals surface area contributed by atoms with E-state index < -0.39 is 11.6 Å². The third kappa shape index (κ3) is 8.85. The highest BCUT2D eigenvalue weighted by molar-refractivity contribution is 6.31. The number of aryl methyl sites for hydroxylation is 1. The van der Waals surface area contributed by atoms with Gasteiger partial charge in [-0.15, -0.1) is 0 Å². The Labute approximate surface area is 274 Å². The number of carbonyl (C=O) groups is 2. The van der Waals surface area contributed by atoms with Gasteiger partial charge in [-0.25, -0.2) is 4.99 Å². The molecule has 246 valence electrons. The van der Waals surface area contributed by atoms with Crippen LogP contribution < -0.4 is 5.73 Å². The van der Waals surface area contributed by atoms with E-state index in [2.05, 4.69) is 45.0 Å². The molecule has 1 unspecified atom stereocenters. The minimum atomic E-state index is -0.612. The normalized spacial score (nSPS) is 20.4. The minimum Gasteiger partial charge on any atom is -0.454 e. The fourth-order valence-electron chi connectivity index (χ4n) is 6.23. The number of nitrogens with zero attached hydrogens (tertiary/aromatic N) is 5. The molecule has 0 spiro atoms. The second kappa shape index (κ2) is 15.5. The monoisotopic (exact) mass is 638 g/mol. The van der Waals surface area contributed by atoms with Crippen molar-refractivity contribution >= 4 is 29.3 Å². The molecular formula is C35H51ClN6O3. The molecule has 4 rings (SSSR count). The lowest BCUT2D eigenvalue weighted by molar-refractivity contribution is -0.146. The third-order valence-electron chi connectivity index (χ3n) is 8.90. The van der Waals surface area contributed by atoms with Crippen LogP contribution in [0.1, 0.15) is 62.3 Å². The lowest BCUT2D eigenvalue weighted by atomic mass is 9.93. The molecule has 2 aromatic carbocycles. The number of ether oxygens (including phenoxy) is 1. The fraction of sp³-hybridized carbons (Fsp3) is 0.571. The van der Waals surface area contributed by atoms with Crippen LogP contribution in [0.4, 0.5) is 0 Å². The van der Waals surface area contributed by atoms with Crippen molar-refractivity contribution in [3.63, 3.8) is 0 Å². The maximum atomic E-state index is 14.2. The number of rotatable bonds is 13. The van der Waals surface area contributed by atoms with Gasteiger partial charge in [0.2, 0.25) is 5.91 Å². The molecule has 2 aliphatic heterocycles. The van der Waals surface area contributed by atoms with Crippen molar-refractivity contribution in [1.82, 2.24) is 19.6 Å². The second-order valence-corrected chi connectivity index (χ2v) is 13.7. The molecule has 0 aliphatic carbocycles. The summed E-state index contributed by atoms with van der Waals surface area (Å²) < 4.78 is 6.48. The second-order valence-electron chi connectivity index (χ2n) is 13.3. The topological polar surface area (TPSA) is 94.7 Å². The zero-order chi connectivity index (χ0) is 32.7. The molecule has 3 atom stereocenters. The molecule has 0 aromatic heterocycles. The first-order chi connectivity index (χ1) is 21.4. The number of benzene rings is 2. The van der Waals surface area contributed by atoms with Crippen molar-refractivity contribution in [1.29, 1.82) is 0 Å². The predicted octanol–water partition coefficient (Wildman–Crippen LogP) is 4.38. The first-order valence-electron chi connectivity index (χ1n) is 16.1. The van der Waals surface area contributed by atoms with E-state index >= 15 is 0 Å². The van der Waals surface area contributed by atoms with Crippen LogP contribution in [0, 0.1) is 0 Å². The summed E-state index contributed by atoms with van der Waals surface area (Å²) in [6.45, 7) is 6.79. The molecular weight excluding hydrogens is 588 g/mol. The lowest BCUT2D eigenvalue weighted by Crippen LogP contribution is -2.62. The molecule has 2 N–H and O–H groups in total. The summed E-state index contributed by atoms with van der Waals surface area (Å²) in [6, 6.07) is 15.5. The van der Waals surface area contributed by atoms with E-state index in [-0.39, 0.29) is 23.8 Å². The van der Waals surface area contributed by atoms with Gasteiger partial charge >= 0.3 is 0 Å². The summed E-state index contributed by atoms with van der Waals surface area (Å²) in [7, 11) is 8.02. The van der Waals surface area contributed by atoms with Gasteiger partial charge in [0, 0.05) is 37.6 Å². The van der Waals surface area contributed by atoms with Gasteiger partial charge in [-0.2, -0.15) is 0 Å². The zero-order valence-electron chi connectivity index (χ0n) is 27.8. The largest absolute Gasteiger partial charge is 0.454 e. The van der Waals surface area contributed by atoms with Crippen molar-refractivity contribution in [3.05, 3.63) is 70.2 Å². The summed E-state index contributed by atoms with van der Waals surface area (Å²) in [5, 5.41) is 0.609. The SMILES string of the molecule is CN(C)CCCC[C@H](C(=O)N1CCN(C2=NC(C)(C)C(c3ccccc3)O2)C[C@H]1C(=O)CCc1ccc(CN)c(Cl)c1)N(C)C. The van der Waals surface area contributed by atoms with Crippen LogP contribution in [0.15, 0.2) is 53.5 Å². The Kier molecular flexibility index (Phi) is 12.0. The van der Waals surface area contributed by atoms with Gasteiger partial charge < -0.3 is 25.2 Å². The first kappa shape index (κ1) is 34.9. The molecule has 2 aliphatic rings. The molecule has 9 nitrogen and oxygen atoms in total. The number of nitrogens with two attached hydrogens (primary N) is 1. The van der Waals surface area contributed by atoms with Crippen LogP contribution in [0.3, 0.4) is 0 Å². The van der Waals surface area contributed by atoms with E-state index in [9.17, 15) is 9.59 Å². The Balaban J connectivity index is 1.53. The van der Waals surface area contributed by atoms with Crippen LogP contribution in [0.25, 0.3) is 0 Å². The number of hydrogen-bond donors (Lipinski definition) is 1. The number of carbonyl (C=O) groups excluding carboxylic acids is 2. The third-order valence-corrected chi connectivity index (χ3v) is 9.25. The highest BCUT2D eigenvalue weighted by atomic mass is 35.5. The van der Waals surface area contributed by atoms with Gasteiger partial charge in [0.1, 0.15) is 11.6 Å². The number of halogens is 1. The molecule has 2 heterocycles. The zero-order valence-corrected chi connectivity index (χ0v) is 28.6. The summed E-state index contributed by atoms with van der Waals surface area (Å²) in [5.74, 6) is 0.0321. The summed E-state index contributed by atoms with van der Waals surface area (Å²) in [4.78, 5) is 41.2. The molecule has 1 saturated heterocycles. The van der Waals surface area contributed by atoms with Gasteiger partial charge in [-0.1, -0.05) is 60.5 Å². The number of likely N-dealkylation sites (N-methyl/N-ethyl adjacent to an activating group) is 1. The Morgan fingerprint density at radius 3 is 2.47 bits per heavy atom. The quantitative estimate of drug-likeness (QED) is 0.326. The van der Waals surface area contributed by atoms with Gasteiger partial charge in [0.25, 0.3) is 6.02 Å². The van der Waals surface area contributed by atoms with Crippen molar-refractivity contribution in [2.24, 2.45) is 10.7 Å². The van der Waals surface area contributed by atoms with E-state index in [1.54, 1.807) is 0 Å². The minimum absolute atomic E-state index is 0.00923. The average molecular weight is 639 g/mol. The van der Waals surface area contributed by atoms with E-state index in [1.165, 1.54) is 0 Å². The van der Waals surface area contributed by atoms with Crippen molar-refractivity contribution < 1.29 is 14.3 Å². The van der Waals surface area contributed by atoms with Crippen LogP contribution in [-0.2, 0) is 27.3 Å². The number of piperazine rings is 1. The smallest absolute Gasteiger partial charge is 0.288 e. The number of amidine groups is 1. The average Bonchev–Trinajstić information content (AvgIpc) is 3.34. The van der Waals surface area contributed by atoms with Crippen LogP contribution in [0.2, 0.25) is 5.02 Å². The number of Topliss-reactive ketones (excluding diaryl/α,β-unsaturated/α-hetero) is 1. The molecule has 0 saturated carbocycles. The Bertz CT molecular complexity index is 1330. The maximum Gasteiger partial charge on any atom is 0.288 e. The highest BCUT2D eigenvalue weighted by Crippen LogP contribution is 2.38. The summed E-state index contributed by atoms with van der Waals surface area (Å²) >= 11 is 6.40. The lowest BCUT2D eigenvalue weighted by Gasteiger charge is -2.43. The number of hydrogen-bond acceptors (Lipinski definition) is 8.